The summed E-state index contributed by atoms with van der Waals surface area (Å²) in [5.74, 6) is -0.230. The molecule has 0 fully saturated rings. The van der Waals surface area contributed by atoms with Crippen LogP contribution in [0.3, 0.4) is 0 Å². The number of carbonyl (C=O) groups is 1. The van der Waals surface area contributed by atoms with Gasteiger partial charge in [-0.3, -0.25) is 0 Å². The van der Waals surface area contributed by atoms with E-state index in [4.69, 9.17) is 4.52 Å². The first kappa shape index (κ1) is 21.6. The average molecular weight is 328 g/mol. The topological polar surface area (TPSA) is 26.3 Å². The standard InChI is InChI=1S/C19H37O2P/c1-5-8-13-19(14-9-6-2,15-10-7-3)16-11-12-17(4)18(20)21-22/h12H,5-11,13-16,22H2,1-4H3. The lowest BCUT2D eigenvalue weighted by Gasteiger charge is -2.34. The fourth-order valence-electron chi connectivity index (χ4n) is 3.18. The van der Waals surface area contributed by atoms with Crippen LogP contribution in [0.4, 0.5) is 0 Å². The van der Waals surface area contributed by atoms with Crippen molar-refractivity contribution in [2.24, 2.45) is 5.41 Å². The lowest BCUT2D eigenvalue weighted by molar-refractivity contribution is -0.128. The van der Waals surface area contributed by atoms with Crippen molar-refractivity contribution in [1.29, 1.82) is 0 Å². The molecule has 0 amide bonds. The smallest absolute Gasteiger partial charge is 0.335 e. The molecule has 0 radical (unpaired) electrons. The Morgan fingerprint density at radius 2 is 1.41 bits per heavy atom. The molecular formula is C19H37O2P. The van der Waals surface area contributed by atoms with Crippen molar-refractivity contribution in [1.82, 2.24) is 0 Å². The largest absolute Gasteiger partial charge is 0.448 e. The minimum atomic E-state index is -0.230. The van der Waals surface area contributed by atoms with Crippen LogP contribution < -0.4 is 0 Å². The van der Waals surface area contributed by atoms with Gasteiger partial charge in [0.15, 0.2) is 0 Å². The van der Waals surface area contributed by atoms with Crippen LogP contribution in [-0.4, -0.2) is 5.97 Å². The first-order valence-electron chi connectivity index (χ1n) is 9.13. The third-order valence-electron chi connectivity index (χ3n) is 4.74. The Balaban J connectivity index is 4.80. The van der Waals surface area contributed by atoms with E-state index in [0.717, 1.165) is 12.0 Å². The van der Waals surface area contributed by atoms with E-state index in [9.17, 15) is 4.79 Å². The van der Waals surface area contributed by atoms with Gasteiger partial charge in [0.25, 0.3) is 0 Å². The zero-order chi connectivity index (χ0) is 16.8. The predicted octanol–water partition coefficient (Wildman–Crippen LogP) is 6.60. The van der Waals surface area contributed by atoms with E-state index in [-0.39, 0.29) is 5.97 Å². The van der Waals surface area contributed by atoms with E-state index in [1.165, 1.54) is 64.2 Å². The molecule has 0 saturated carbocycles. The highest BCUT2D eigenvalue weighted by Crippen LogP contribution is 2.41. The molecular weight excluding hydrogens is 291 g/mol. The Bertz CT molecular complexity index is 302. The van der Waals surface area contributed by atoms with Crippen molar-refractivity contribution >= 4 is 15.4 Å². The SMILES string of the molecule is CCCCC(CCC=C(C)C(=O)OP)(CCCC)CCCC. The Kier molecular flexibility index (Phi) is 12.9. The first-order valence-corrected chi connectivity index (χ1v) is 9.60. The highest BCUT2D eigenvalue weighted by atomic mass is 31.0. The molecule has 130 valence electrons. The quantitative estimate of drug-likeness (QED) is 0.281. The van der Waals surface area contributed by atoms with Gasteiger partial charge in [0.1, 0.15) is 0 Å². The molecule has 0 heterocycles. The minimum Gasteiger partial charge on any atom is -0.448 e. The maximum Gasteiger partial charge on any atom is 0.335 e. The molecule has 22 heavy (non-hydrogen) atoms. The normalized spacial score (nSPS) is 12.5. The summed E-state index contributed by atoms with van der Waals surface area (Å²) in [7, 11) is 2.03. The molecule has 3 heteroatoms. The van der Waals surface area contributed by atoms with Crippen molar-refractivity contribution < 1.29 is 9.32 Å². The minimum absolute atomic E-state index is 0.230. The Hall–Kier alpha value is -0.360. The van der Waals surface area contributed by atoms with Gasteiger partial charge in [0.05, 0.1) is 9.47 Å². The predicted molar refractivity (Wildman–Crippen MR) is 99.8 cm³/mol. The van der Waals surface area contributed by atoms with Gasteiger partial charge in [0, 0.05) is 5.57 Å². The zero-order valence-electron chi connectivity index (χ0n) is 15.2. The van der Waals surface area contributed by atoms with Crippen LogP contribution in [0.5, 0.6) is 0 Å². The van der Waals surface area contributed by atoms with Crippen molar-refractivity contribution in [2.75, 3.05) is 0 Å². The van der Waals surface area contributed by atoms with Crippen LogP contribution in [0.1, 0.15) is 98.3 Å². The second-order valence-corrected chi connectivity index (χ2v) is 6.88. The van der Waals surface area contributed by atoms with Crippen molar-refractivity contribution in [3.8, 4) is 0 Å². The summed E-state index contributed by atoms with van der Waals surface area (Å²) >= 11 is 0. The summed E-state index contributed by atoms with van der Waals surface area (Å²) in [6.45, 7) is 8.69. The molecule has 0 N–H and O–H groups in total. The Labute approximate surface area is 140 Å². The fourth-order valence-corrected chi connectivity index (χ4v) is 3.36. The molecule has 0 rings (SSSR count). The summed E-state index contributed by atoms with van der Waals surface area (Å²) in [5.41, 5.74) is 1.20. The molecule has 1 unspecified atom stereocenters. The second kappa shape index (κ2) is 13.1. The number of hydrogen-bond donors (Lipinski definition) is 0. The van der Waals surface area contributed by atoms with E-state index in [2.05, 4.69) is 26.8 Å². The van der Waals surface area contributed by atoms with Crippen LogP contribution in [0.25, 0.3) is 0 Å². The number of allylic oxidation sites excluding steroid dienone is 1. The summed E-state index contributed by atoms with van der Waals surface area (Å²) in [6.07, 6.45) is 16.1. The average Bonchev–Trinajstić information content (AvgIpc) is 2.54. The van der Waals surface area contributed by atoms with Gasteiger partial charge < -0.3 is 4.52 Å². The molecule has 0 aliphatic carbocycles. The van der Waals surface area contributed by atoms with Crippen LogP contribution >= 0.6 is 9.47 Å². The Morgan fingerprint density at radius 1 is 0.955 bits per heavy atom. The monoisotopic (exact) mass is 328 g/mol. The van der Waals surface area contributed by atoms with Gasteiger partial charge in [-0.05, 0) is 44.4 Å². The maximum absolute atomic E-state index is 11.5. The molecule has 0 aromatic rings. The van der Waals surface area contributed by atoms with Crippen LogP contribution in [0, 0.1) is 5.41 Å². The van der Waals surface area contributed by atoms with Gasteiger partial charge in [-0.25, -0.2) is 4.79 Å². The number of rotatable bonds is 13. The molecule has 2 nitrogen and oxygen atoms in total. The van der Waals surface area contributed by atoms with Crippen LogP contribution in [-0.2, 0) is 9.32 Å². The fraction of sp³-hybridized carbons (Fsp3) is 0.842. The van der Waals surface area contributed by atoms with Gasteiger partial charge in [0.2, 0.25) is 0 Å². The summed E-state index contributed by atoms with van der Waals surface area (Å²) in [4.78, 5) is 11.5. The molecule has 0 aliphatic rings. The Morgan fingerprint density at radius 3 is 1.77 bits per heavy atom. The molecule has 1 atom stereocenters. The first-order chi connectivity index (χ1) is 10.5. The maximum atomic E-state index is 11.5. The van der Waals surface area contributed by atoms with Crippen molar-refractivity contribution in [3.05, 3.63) is 11.6 Å². The second-order valence-electron chi connectivity index (χ2n) is 6.64. The zero-order valence-corrected chi connectivity index (χ0v) is 16.4. The summed E-state index contributed by atoms with van der Waals surface area (Å²) in [6, 6.07) is 0. The molecule has 0 aromatic heterocycles. The molecule has 0 aliphatic heterocycles. The lowest BCUT2D eigenvalue weighted by atomic mass is 9.71. The number of carbonyl (C=O) groups excluding carboxylic acids is 1. The van der Waals surface area contributed by atoms with E-state index in [1.54, 1.807) is 0 Å². The highest BCUT2D eigenvalue weighted by molar-refractivity contribution is 7.10. The van der Waals surface area contributed by atoms with Gasteiger partial charge in [-0.15, -0.1) is 0 Å². The molecule has 0 bridgehead atoms. The molecule has 0 saturated heterocycles. The summed E-state index contributed by atoms with van der Waals surface area (Å²) in [5, 5.41) is 0. The summed E-state index contributed by atoms with van der Waals surface area (Å²) < 4.78 is 4.70. The third kappa shape index (κ3) is 8.93. The van der Waals surface area contributed by atoms with E-state index >= 15 is 0 Å². The molecule has 0 spiro atoms. The van der Waals surface area contributed by atoms with Crippen molar-refractivity contribution in [3.63, 3.8) is 0 Å². The number of hydrogen-bond acceptors (Lipinski definition) is 2. The van der Waals surface area contributed by atoms with Gasteiger partial charge in [-0.1, -0.05) is 65.4 Å². The molecule has 0 aromatic carbocycles. The van der Waals surface area contributed by atoms with Crippen LogP contribution in [0.2, 0.25) is 0 Å². The number of unbranched alkanes of at least 4 members (excludes halogenated alkanes) is 3. The van der Waals surface area contributed by atoms with Gasteiger partial charge >= 0.3 is 5.97 Å². The van der Waals surface area contributed by atoms with E-state index < -0.39 is 0 Å². The van der Waals surface area contributed by atoms with E-state index in [1.807, 2.05) is 16.4 Å². The van der Waals surface area contributed by atoms with E-state index in [0.29, 0.717) is 5.41 Å². The lowest BCUT2D eigenvalue weighted by Crippen LogP contribution is -2.21. The van der Waals surface area contributed by atoms with Crippen molar-refractivity contribution in [2.45, 2.75) is 98.3 Å². The third-order valence-corrected chi connectivity index (χ3v) is 4.95. The highest BCUT2D eigenvalue weighted by Gasteiger charge is 2.27. The van der Waals surface area contributed by atoms with Gasteiger partial charge in [-0.2, -0.15) is 0 Å². The van der Waals surface area contributed by atoms with Crippen LogP contribution in [0.15, 0.2) is 11.6 Å².